The van der Waals surface area contributed by atoms with E-state index in [0.717, 1.165) is 18.7 Å². The van der Waals surface area contributed by atoms with Crippen molar-refractivity contribution in [1.82, 2.24) is 5.01 Å². The molecule has 1 aliphatic heterocycles. The molecule has 1 saturated heterocycles. The van der Waals surface area contributed by atoms with E-state index >= 15 is 0 Å². The van der Waals surface area contributed by atoms with Gasteiger partial charge in [-0.15, -0.1) is 0 Å². The second-order valence-electron chi connectivity index (χ2n) is 4.33. The Hall–Kier alpha value is -1.89. The predicted molar refractivity (Wildman–Crippen MR) is 74.2 cm³/mol. The molecule has 1 aromatic carbocycles. The molecule has 0 saturated carbocycles. The van der Waals surface area contributed by atoms with Gasteiger partial charge >= 0.3 is 6.61 Å². The predicted octanol–water partition coefficient (Wildman–Crippen LogP) is 2.35. The zero-order chi connectivity index (χ0) is 15.1. The molecule has 7 heteroatoms. The molecule has 0 radical (unpaired) electrons. The maximum atomic E-state index is 12.3. The second kappa shape index (κ2) is 7.78. The van der Waals surface area contributed by atoms with Gasteiger partial charge in [0.25, 0.3) is 0 Å². The molecule has 0 aromatic heterocycles. The van der Waals surface area contributed by atoms with E-state index in [0.29, 0.717) is 19.8 Å². The van der Waals surface area contributed by atoms with Crippen LogP contribution < -0.4 is 9.47 Å². The zero-order valence-electron chi connectivity index (χ0n) is 11.8. The summed E-state index contributed by atoms with van der Waals surface area (Å²) >= 11 is 0. The van der Waals surface area contributed by atoms with Crippen LogP contribution >= 0.6 is 0 Å². The van der Waals surface area contributed by atoms with E-state index in [1.807, 2.05) is 5.01 Å². The fraction of sp³-hybridized carbons (Fsp3) is 0.500. The average Bonchev–Trinajstić information content (AvgIpc) is 2.48. The summed E-state index contributed by atoms with van der Waals surface area (Å²) in [7, 11) is 0. The van der Waals surface area contributed by atoms with Crippen LogP contribution in [0.3, 0.4) is 0 Å². The van der Waals surface area contributed by atoms with Crippen LogP contribution in [0.2, 0.25) is 0 Å². The summed E-state index contributed by atoms with van der Waals surface area (Å²) in [4.78, 5) is 0. The van der Waals surface area contributed by atoms with Gasteiger partial charge in [-0.3, -0.25) is 5.01 Å². The number of alkyl halides is 2. The van der Waals surface area contributed by atoms with Crippen molar-refractivity contribution in [2.75, 3.05) is 32.9 Å². The molecule has 1 fully saturated rings. The highest BCUT2D eigenvalue weighted by Gasteiger charge is 2.11. The van der Waals surface area contributed by atoms with Crippen LogP contribution in [0.5, 0.6) is 11.5 Å². The van der Waals surface area contributed by atoms with Gasteiger partial charge in [-0.05, 0) is 30.7 Å². The molecule has 0 unspecified atom stereocenters. The third-order valence-electron chi connectivity index (χ3n) is 2.84. The van der Waals surface area contributed by atoms with Crippen LogP contribution in [0, 0.1) is 0 Å². The highest BCUT2D eigenvalue weighted by Crippen LogP contribution is 2.29. The summed E-state index contributed by atoms with van der Waals surface area (Å²) in [6, 6.07) is 4.74. The van der Waals surface area contributed by atoms with Gasteiger partial charge in [0.2, 0.25) is 0 Å². The Morgan fingerprint density at radius 3 is 2.76 bits per heavy atom. The lowest BCUT2D eigenvalue weighted by Gasteiger charge is -2.23. The number of ether oxygens (including phenoxy) is 3. The first-order valence-corrected chi connectivity index (χ1v) is 6.77. The van der Waals surface area contributed by atoms with Crippen LogP contribution in [0.1, 0.15) is 12.5 Å². The molecule has 0 N–H and O–H groups in total. The van der Waals surface area contributed by atoms with Gasteiger partial charge in [0.15, 0.2) is 11.5 Å². The van der Waals surface area contributed by atoms with E-state index < -0.39 is 6.61 Å². The molecule has 0 atom stereocenters. The van der Waals surface area contributed by atoms with E-state index in [2.05, 4.69) is 9.84 Å². The fourth-order valence-electron chi connectivity index (χ4n) is 1.88. The Bertz CT molecular complexity index is 477. The minimum atomic E-state index is -2.88. The largest absolute Gasteiger partial charge is 0.490 e. The summed E-state index contributed by atoms with van der Waals surface area (Å²) in [6.07, 6.45) is 1.67. The number of hydrazone groups is 1. The molecule has 1 heterocycles. The summed E-state index contributed by atoms with van der Waals surface area (Å²) in [5, 5.41) is 6.23. The van der Waals surface area contributed by atoms with Gasteiger partial charge in [0.1, 0.15) is 0 Å². The summed E-state index contributed by atoms with van der Waals surface area (Å²) in [5.74, 6) is 0.305. The molecule has 116 valence electrons. The summed E-state index contributed by atoms with van der Waals surface area (Å²) in [5.41, 5.74) is 0.756. The third-order valence-corrected chi connectivity index (χ3v) is 2.84. The van der Waals surface area contributed by atoms with Crippen molar-refractivity contribution >= 4 is 6.21 Å². The highest BCUT2D eigenvalue weighted by atomic mass is 19.3. The average molecular weight is 300 g/mol. The van der Waals surface area contributed by atoms with E-state index in [-0.39, 0.29) is 11.5 Å². The summed E-state index contributed by atoms with van der Waals surface area (Å²) in [6.45, 7) is 2.05. The first-order valence-electron chi connectivity index (χ1n) is 6.77. The molecule has 1 aliphatic rings. The number of hydrogen-bond acceptors (Lipinski definition) is 5. The maximum absolute atomic E-state index is 12.3. The van der Waals surface area contributed by atoms with Gasteiger partial charge in [-0.1, -0.05) is 0 Å². The Balaban J connectivity index is 2.08. The van der Waals surface area contributed by atoms with Crippen LogP contribution in [0.15, 0.2) is 23.3 Å². The number of halogens is 2. The van der Waals surface area contributed by atoms with Crippen molar-refractivity contribution in [3.05, 3.63) is 23.8 Å². The van der Waals surface area contributed by atoms with Gasteiger partial charge < -0.3 is 14.2 Å². The van der Waals surface area contributed by atoms with E-state index in [4.69, 9.17) is 9.47 Å². The lowest BCUT2D eigenvalue weighted by atomic mass is 10.2. The quantitative estimate of drug-likeness (QED) is 0.756. The smallest absolute Gasteiger partial charge is 0.387 e. The van der Waals surface area contributed by atoms with Gasteiger partial charge in [-0.2, -0.15) is 13.9 Å². The number of rotatable bonds is 6. The fourth-order valence-corrected chi connectivity index (χ4v) is 1.88. The van der Waals surface area contributed by atoms with Gasteiger partial charge in [0, 0.05) is 0 Å². The van der Waals surface area contributed by atoms with Crippen molar-refractivity contribution in [2.24, 2.45) is 5.10 Å². The standard InChI is InChI=1S/C14H18F2N2O3/c1-2-20-13-9-11(3-4-12(13)21-14(15)16)10-17-18-5-7-19-8-6-18/h3-4,9-10,14H,2,5-8H2,1H3/b17-10-. The third kappa shape index (κ3) is 4.86. The molecule has 5 nitrogen and oxygen atoms in total. The Labute approximate surface area is 122 Å². The molecule has 21 heavy (non-hydrogen) atoms. The van der Waals surface area contributed by atoms with Crippen molar-refractivity contribution in [2.45, 2.75) is 13.5 Å². The van der Waals surface area contributed by atoms with E-state index in [1.165, 1.54) is 6.07 Å². The van der Waals surface area contributed by atoms with E-state index in [1.54, 1.807) is 25.3 Å². The lowest BCUT2D eigenvalue weighted by molar-refractivity contribution is -0.0514. The minimum Gasteiger partial charge on any atom is -0.490 e. The van der Waals surface area contributed by atoms with Crippen molar-refractivity contribution < 1.29 is 23.0 Å². The topological polar surface area (TPSA) is 43.3 Å². The van der Waals surface area contributed by atoms with Crippen LogP contribution in [-0.4, -0.2) is 50.7 Å². The first kappa shape index (κ1) is 15.5. The number of morpholine rings is 1. The Kier molecular flexibility index (Phi) is 5.74. The Morgan fingerprint density at radius 2 is 2.10 bits per heavy atom. The number of hydrogen-bond donors (Lipinski definition) is 0. The molecular formula is C14H18F2N2O3. The van der Waals surface area contributed by atoms with Crippen LogP contribution in [0.4, 0.5) is 8.78 Å². The Morgan fingerprint density at radius 1 is 1.33 bits per heavy atom. The number of benzene rings is 1. The summed E-state index contributed by atoms with van der Waals surface area (Å²) < 4.78 is 39.6. The van der Waals surface area contributed by atoms with Crippen molar-refractivity contribution in [3.63, 3.8) is 0 Å². The van der Waals surface area contributed by atoms with Gasteiger partial charge in [0.05, 0.1) is 39.1 Å². The molecule has 0 aliphatic carbocycles. The number of nitrogens with zero attached hydrogens (tertiary/aromatic N) is 2. The van der Waals surface area contributed by atoms with E-state index in [9.17, 15) is 8.78 Å². The van der Waals surface area contributed by atoms with Crippen molar-refractivity contribution in [1.29, 1.82) is 0 Å². The molecule has 1 aromatic rings. The molecule has 0 bridgehead atoms. The normalized spacial score (nSPS) is 15.7. The molecule has 0 spiro atoms. The molecule has 0 amide bonds. The van der Waals surface area contributed by atoms with Gasteiger partial charge in [-0.25, -0.2) is 0 Å². The van der Waals surface area contributed by atoms with Crippen LogP contribution in [0.25, 0.3) is 0 Å². The zero-order valence-corrected chi connectivity index (χ0v) is 11.8. The second-order valence-corrected chi connectivity index (χ2v) is 4.33. The SMILES string of the molecule is CCOc1cc(/C=N\N2CCOCC2)ccc1OC(F)F. The maximum Gasteiger partial charge on any atom is 0.387 e. The lowest BCUT2D eigenvalue weighted by Crippen LogP contribution is -2.32. The van der Waals surface area contributed by atoms with Crippen molar-refractivity contribution in [3.8, 4) is 11.5 Å². The minimum absolute atomic E-state index is 0.0235. The monoisotopic (exact) mass is 300 g/mol. The highest BCUT2D eigenvalue weighted by molar-refractivity contribution is 5.80. The molecule has 2 rings (SSSR count). The van der Waals surface area contributed by atoms with Crippen LogP contribution in [-0.2, 0) is 4.74 Å². The first-order chi connectivity index (χ1) is 10.2. The molecular weight excluding hydrogens is 282 g/mol.